The fourth-order valence-electron chi connectivity index (χ4n) is 2.46. The Morgan fingerprint density at radius 3 is 2.61 bits per heavy atom. The molecule has 5 N–H and O–H groups in total. The third kappa shape index (κ3) is 14.9. The van der Waals surface area contributed by atoms with Crippen LogP contribution in [0.1, 0.15) is 38.1 Å². The second-order valence-electron chi connectivity index (χ2n) is 7.92. The lowest BCUT2D eigenvalue weighted by Gasteiger charge is -2.15. The van der Waals surface area contributed by atoms with Crippen molar-refractivity contribution in [3.8, 4) is 17.6 Å². The minimum absolute atomic E-state index is 0.0686. The number of hydrogen-bond acceptors (Lipinski definition) is 7. The predicted molar refractivity (Wildman–Crippen MR) is 128 cm³/mol. The highest BCUT2D eigenvalue weighted by molar-refractivity contribution is 5.94. The monoisotopic (exact) mass is 462 g/mol. The van der Waals surface area contributed by atoms with Gasteiger partial charge in [0.05, 0.1) is 19.8 Å². The minimum Gasteiger partial charge on any atom is -0.489 e. The normalized spacial score (nSPS) is 11.6. The van der Waals surface area contributed by atoms with E-state index in [0.29, 0.717) is 37.0 Å². The lowest BCUT2D eigenvalue weighted by atomic mass is 10.2. The molecule has 0 fully saturated rings. The van der Waals surface area contributed by atoms with Crippen molar-refractivity contribution < 1.29 is 23.8 Å². The molecule has 1 aromatic carbocycles. The molecule has 0 aliphatic heterocycles. The van der Waals surface area contributed by atoms with Crippen molar-refractivity contribution in [2.45, 2.75) is 40.0 Å². The number of hydrogen-bond donors (Lipinski definition) is 4. The van der Waals surface area contributed by atoms with Crippen LogP contribution in [0.3, 0.4) is 0 Å². The molecule has 0 aromatic heterocycles. The Morgan fingerprint density at radius 1 is 1.09 bits per heavy atom. The van der Waals surface area contributed by atoms with E-state index in [1.807, 2.05) is 13.8 Å². The number of nitrogens with two attached hydrogens (primary N) is 1. The predicted octanol–water partition coefficient (Wildman–Crippen LogP) is 0.887. The molecule has 0 aliphatic carbocycles. The molecule has 0 spiro atoms. The van der Waals surface area contributed by atoms with Gasteiger partial charge in [-0.3, -0.25) is 9.59 Å². The number of amides is 2. The molecule has 0 heterocycles. The molecule has 184 valence electrons. The lowest BCUT2D eigenvalue weighted by Crippen LogP contribution is -2.34. The number of carbonyl (C=O) groups is 2. The van der Waals surface area contributed by atoms with Crippen molar-refractivity contribution in [3.05, 3.63) is 29.8 Å². The van der Waals surface area contributed by atoms with Crippen molar-refractivity contribution in [2.75, 3.05) is 46.1 Å². The zero-order valence-electron chi connectivity index (χ0n) is 20.1. The average Bonchev–Trinajstić information content (AvgIpc) is 2.77. The third-order valence-electron chi connectivity index (χ3n) is 4.03. The van der Waals surface area contributed by atoms with E-state index < -0.39 is 6.23 Å². The molecule has 0 bridgehead atoms. The van der Waals surface area contributed by atoms with Gasteiger partial charge in [-0.2, -0.15) is 0 Å². The van der Waals surface area contributed by atoms with E-state index >= 15 is 0 Å². The number of benzene rings is 1. The van der Waals surface area contributed by atoms with E-state index in [2.05, 4.69) is 41.6 Å². The molecule has 0 saturated carbocycles. The van der Waals surface area contributed by atoms with Gasteiger partial charge in [0.25, 0.3) is 5.91 Å². The Balaban J connectivity index is 2.20. The first-order valence-electron chi connectivity index (χ1n) is 11.2. The van der Waals surface area contributed by atoms with Gasteiger partial charge >= 0.3 is 0 Å². The summed E-state index contributed by atoms with van der Waals surface area (Å²) >= 11 is 0. The molecule has 0 aliphatic rings. The molecule has 1 atom stereocenters. The Labute approximate surface area is 197 Å². The highest BCUT2D eigenvalue weighted by atomic mass is 16.6. The van der Waals surface area contributed by atoms with Crippen molar-refractivity contribution in [1.29, 1.82) is 0 Å². The zero-order valence-corrected chi connectivity index (χ0v) is 20.1. The van der Waals surface area contributed by atoms with Crippen LogP contribution < -0.4 is 26.4 Å². The topological polar surface area (TPSA) is 124 Å². The summed E-state index contributed by atoms with van der Waals surface area (Å²) in [4.78, 5) is 23.8. The van der Waals surface area contributed by atoms with E-state index in [4.69, 9.17) is 19.9 Å². The fraction of sp³-hybridized carbons (Fsp3) is 0.583. The van der Waals surface area contributed by atoms with E-state index in [9.17, 15) is 9.59 Å². The first kappa shape index (κ1) is 28.4. The van der Waals surface area contributed by atoms with Crippen molar-refractivity contribution in [3.63, 3.8) is 0 Å². The van der Waals surface area contributed by atoms with E-state index in [-0.39, 0.29) is 44.2 Å². The Kier molecular flexibility index (Phi) is 14.6. The van der Waals surface area contributed by atoms with Gasteiger partial charge in [-0.05, 0) is 18.2 Å². The van der Waals surface area contributed by atoms with Crippen LogP contribution in [0.5, 0.6) is 5.75 Å². The minimum atomic E-state index is -0.673. The largest absolute Gasteiger partial charge is 0.489 e. The van der Waals surface area contributed by atoms with Crippen molar-refractivity contribution in [2.24, 2.45) is 11.7 Å². The summed E-state index contributed by atoms with van der Waals surface area (Å²) in [6.07, 6.45) is -0.673. The van der Waals surface area contributed by atoms with Crippen LogP contribution in [0, 0.1) is 17.8 Å². The molecule has 9 nitrogen and oxygen atoms in total. The maximum absolute atomic E-state index is 12.2. The van der Waals surface area contributed by atoms with Crippen LogP contribution >= 0.6 is 0 Å². The Hall–Kier alpha value is -2.64. The van der Waals surface area contributed by atoms with E-state index in [1.165, 1.54) is 0 Å². The van der Waals surface area contributed by atoms with Crippen LogP contribution in [0.25, 0.3) is 0 Å². The fourth-order valence-corrected chi connectivity index (χ4v) is 2.46. The standard InChI is InChI=1S/C24H38N4O5/c1-18(2)7-6-10-27-23(29)17-31-13-14-32-22(25)16-33-21-9-5-8-20(15-21)24(30)28-12-11-26-19(3)4/h5,8-9,15,18-19,22,26H,10-14,16-17,25H2,1-4H3,(H,27,29)(H,28,30). The van der Waals surface area contributed by atoms with Gasteiger partial charge in [0.15, 0.2) is 0 Å². The quantitative estimate of drug-likeness (QED) is 0.173. The number of ether oxygens (including phenoxy) is 3. The van der Waals surface area contributed by atoms with Gasteiger partial charge in [-0.1, -0.05) is 45.6 Å². The van der Waals surface area contributed by atoms with Gasteiger partial charge < -0.3 is 35.9 Å². The summed E-state index contributed by atoms with van der Waals surface area (Å²) in [5, 5.41) is 8.75. The first-order valence-corrected chi connectivity index (χ1v) is 11.2. The van der Waals surface area contributed by atoms with Gasteiger partial charge in [-0.15, -0.1) is 0 Å². The van der Waals surface area contributed by atoms with E-state index in [1.54, 1.807) is 24.3 Å². The summed E-state index contributed by atoms with van der Waals surface area (Å²) in [5.41, 5.74) is 6.40. The van der Waals surface area contributed by atoms with Crippen molar-refractivity contribution >= 4 is 11.8 Å². The van der Waals surface area contributed by atoms with Gasteiger partial charge in [0.1, 0.15) is 25.2 Å². The molecular formula is C24H38N4O5. The lowest BCUT2D eigenvalue weighted by molar-refractivity contribution is -0.126. The summed E-state index contributed by atoms with van der Waals surface area (Å²) in [5.74, 6) is 6.22. The highest BCUT2D eigenvalue weighted by Gasteiger charge is 2.09. The molecule has 1 rings (SSSR count). The second kappa shape index (κ2) is 16.9. The van der Waals surface area contributed by atoms with Crippen molar-refractivity contribution in [1.82, 2.24) is 16.0 Å². The Bertz CT molecular complexity index is 774. The maximum atomic E-state index is 12.2. The van der Waals surface area contributed by atoms with Gasteiger partial charge in [-0.25, -0.2) is 0 Å². The molecule has 0 saturated heterocycles. The van der Waals surface area contributed by atoms with E-state index in [0.717, 1.165) is 0 Å². The molecular weight excluding hydrogens is 424 g/mol. The van der Waals surface area contributed by atoms with Crippen LogP contribution in [-0.2, 0) is 14.3 Å². The number of nitrogens with one attached hydrogen (secondary N) is 3. The van der Waals surface area contributed by atoms with Crippen LogP contribution in [-0.4, -0.2) is 70.1 Å². The third-order valence-corrected chi connectivity index (χ3v) is 4.03. The number of rotatable bonds is 15. The first-order chi connectivity index (χ1) is 15.8. The molecule has 33 heavy (non-hydrogen) atoms. The number of carbonyl (C=O) groups excluding carboxylic acids is 2. The average molecular weight is 463 g/mol. The molecule has 1 aromatic rings. The van der Waals surface area contributed by atoms with Gasteiger partial charge in [0.2, 0.25) is 5.91 Å². The summed E-state index contributed by atoms with van der Waals surface area (Å²) in [7, 11) is 0. The SMILES string of the molecule is CC(C)C#CCNC(=O)COCCOC(N)COc1cccc(C(=O)NCCNC(C)C)c1. The highest BCUT2D eigenvalue weighted by Crippen LogP contribution is 2.13. The zero-order chi connectivity index (χ0) is 24.5. The summed E-state index contributed by atoms with van der Waals surface area (Å²) < 4.78 is 16.3. The van der Waals surface area contributed by atoms with Gasteiger partial charge in [0, 0.05) is 30.6 Å². The van der Waals surface area contributed by atoms with Crippen LogP contribution in [0.15, 0.2) is 24.3 Å². The molecule has 2 amide bonds. The second-order valence-corrected chi connectivity index (χ2v) is 7.92. The maximum Gasteiger partial charge on any atom is 0.251 e. The summed E-state index contributed by atoms with van der Waals surface area (Å²) in [6, 6.07) is 7.24. The Morgan fingerprint density at radius 2 is 1.88 bits per heavy atom. The summed E-state index contributed by atoms with van der Waals surface area (Å²) in [6.45, 7) is 10.1. The molecule has 9 heteroatoms. The van der Waals surface area contributed by atoms with Crippen LogP contribution in [0.4, 0.5) is 0 Å². The molecule has 0 radical (unpaired) electrons. The smallest absolute Gasteiger partial charge is 0.251 e. The van der Waals surface area contributed by atoms with Crippen LogP contribution in [0.2, 0.25) is 0 Å². The molecule has 1 unspecified atom stereocenters.